The minimum absolute atomic E-state index is 0.0126. The van der Waals surface area contributed by atoms with Crippen LogP contribution in [0.2, 0.25) is 0 Å². The van der Waals surface area contributed by atoms with Gasteiger partial charge in [-0.05, 0) is 37.0 Å². The molecule has 2 fully saturated rings. The van der Waals surface area contributed by atoms with Crippen molar-refractivity contribution in [3.05, 3.63) is 48.5 Å². The van der Waals surface area contributed by atoms with Gasteiger partial charge in [0, 0.05) is 12.8 Å². The van der Waals surface area contributed by atoms with Crippen molar-refractivity contribution in [3.8, 4) is 5.75 Å². The highest BCUT2D eigenvalue weighted by molar-refractivity contribution is 5.94. The first-order valence-electron chi connectivity index (χ1n) is 8.50. The fraction of sp³-hybridized carbons (Fsp3) is 0.444. The second-order valence-corrected chi connectivity index (χ2v) is 6.52. The summed E-state index contributed by atoms with van der Waals surface area (Å²) in [5.74, 6) is 1.18. The molecule has 2 aromatic rings. The number of hydrogen-bond donors (Lipinski definition) is 0. The van der Waals surface area contributed by atoms with E-state index in [2.05, 4.69) is 15.2 Å². The first-order valence-corrected chi connectivity index (χ1v) is 8.50. The number of hydrogen-bond acceptors (Lipinski definition) is 6. The van der Waals surface area contributed by atoms with Crippen molar-refractivity contribution in [1.82, 2.24) is 20.1 Å². The molecule has 130 valence electrons. The summed E-state index contributed by atoms with van der Waals surface area (Å²) >= 11 is 0. The second-order valence-electron chi connectivity index (χ2n) is 6.52. The summed E-state index contributed by atoms with van der Waals surface area (Å²) in [5, 5.41) is 7.48. The topological polar surface area (TPSA) is 77.4 Å². The normalized spacial score (nSPS) is 21.1. The largest absolute Gasteiger partial charge is 0.492 e. The highest BCUT2D eigenvalue weighted by Gasteiger charge is 2.54. The summed E-state index contributed by atoms with van der Waals surface area (Å²) in [6.07, 6.45) is 8.40. The lowest BCUT2D eigenvalue weighted by atomic mass is 9.79. The van der Waals surface area contributed by atoms with Crippen molar-refractivity contribution >= 4 is 5.91 Å². The van der Waals surface area contributed by atoms with E-state index in [0.717, 1.165) is 25.2 Å². The molecule has 2 aliphatic heterocycles. The predicted octanol–water partition coefficient (Wildman–Crippen LogP) is 1.57. The molecule has 4 heterocycles. The van der Waals surface area contributed by atoms with E-state index in [-0.39, 0.29) is 11.5 Å². The van der Waals surface area contributed by atoms with E-state index < -0.39 is 0 Å². The van der Waals surface area contributed by atoms with Crippen LogP contribution >= 0.6 is 0 Å². The van der Waals surface area contributed by atoms with Crippen molar-refractivity contribution in [1.29, 1.82) is 0 Å². The zero-order valence-electron chi connectivity index (χ0n) is 13.9. The Morgan fingerprint density at radius 3 is 2.96 bits per heavy atom. The van der Waals surface area contributed by atoms with Crippen LogP contribution in [0.15, 0.2) is 43.0 Å². The maximum Gasteiger partial charge on any atom is 0.255 e. The predicted molar refractivity (Wildman–Crippen MR) is 89.1 cm³/mol. The number of ether oxygens (including phenoxy) is 2. The number of likely N-dealkylation sites (tertiary alicyclic amines) is 1. The van der Waals surface area contributed by atoms with Gasteiger partial charge in [-0.15, -0.1) is 0 Å². The molecular formula is C18H20N4O3. The molecule has 4 rings (SSSR count). The molecule has 7 nitrogen and oxygen atoms in total. The van der Waals surface area contributed by atoms with Gasteiger partial charge in [-0.2, -0.15) is 10.2 Å². The summed E-state index contributed by atoms with van der Waals surface area (Å²) < 4.78 is 11.8. The lowest BCUT2D eigenvalue weighted by molar-refractivity contribution is -0.119. The van der Waals surface area contributed by atoms with Crippen molar-refractivity contribution in [2.75, 3.05) is 26.3 Å². The Hall–Kier alpha value is -2.54. The van der Waals surface area contributed by atoms with Crippen LogP contribution in [0.3, 0.4) is 0 Å². The van der Waals surface area contributed by atoms with Gasteiger partial charge in [-0.25, -0.2) is 0 Å². The Morgan fingerprint density at radius 2 is 2.20 bits per heavy atom. The van der Waals surface area contributed by atoms with Crippen LogP contribution < -0.4 is 4.74 Å². The summed E-state index contributed by atoms with van der Waals surface area (Å²) in [6, 6.07) is 5.45. The molecule has 0 saturated carbocycles. The molecule has 1 amide bonds. The molecule has 0 N–H and O–H groups in total. The van der Waals surface area contributed by atoms with E-state index in [1.165, 1.54) is 12.4 Å². The fourth-order valence-corrected chi connectivity index (χ4v) is 3.64. The Morgan fingerprint density at radius 1 is 1.28 bits per heavy atom. The summed E-state index contributed by atoms with van der Waals surface area (Å²) in [7, 11) is 0. The van der Waals surface area contributed by atoms with Gasteiger partial charge in [-0.3, -0.25) is 9.78 Å². The molecule has 2 saturated heterocycles. The Labute approximate surface area is 146 Å². The van der Waals surface area contributed by atoms with E-state index in [4.69, 9.17) is 9.47 Å². The molecule has 0 aromatic carbocycles. The van der Waals surface area contributed by atoms with Gasteiger partial charge < -0.3 is 14.4 Å². The average molecular weight is 340 g/mol. The molecule has 1 spiro atoms. The van der Waals surface area contributed by atoms with Crippen LogP contribution in [0.4, 0.5) is 0 Å². The number of pyridine rings is 1. The number of aromatic nitrogens is 3. The lowest BCUT2D eigenvalue weighted by Crippen LogP contribution is -2.66. The maximum absolute atomic E-state index is 12.4. The third kappa shape index (κ3) is 3.19. The minimum atomic E-state index is -0.214. The molecular weight excluding hydrogens is 320 g/mol. The van der Waals surface area contributed by atoms with Gasteiger partial charge in [0.25, 0.3) is 5.91 Å². The zero-order valence-corrected chi connectivity index (χ0v) is 13.9. The zero-order chi connectivity index (χ0) is 17.1. The number of rotatable bonds is 5. The first kappa shape index (κ1) is 16.0. The number of carbonyl (C=O) groups excluding carboxylic acids is 1. The minimum Gasteiger partial charge on any atom is -0.492 e. The first-order chi connectivity index (χ1) is 12.3. The highest BCUT2D eigenvalue weighted by atomic mass is 16.5. The average Bonchev–Trinajstić information content (AvgIpc) is 3.05. The van der Waals surface area contributed by atoms with Gasteiger partial charge in [0.05, 0.1) is 43.9 Å². The fourth-order valence-electron chi connectivity index (χ4n) is 3.64. The van der Waals surface area contributed by atoms with Crippen LogP contribution in [-0.2, 0) is 4.74 Å². The van der Waals surface area contributed by atoms with E-state index in [1.807, 2.05) is 17.0 Å². The van der Waals surface area contributed by atoms with Crippen molar-refractivity contribution in [2.24, 2.45) is 5.92 Å². The quantitative estimate of drug-likeness (QED) is 0.822. The van der Waals surface area contributed by atoms with Gasteiger partial charge in [0.15, 0.2) is 0 Å². The van der Waals surface area contributed by atoms with E-state index in [9.17, 15) is 4.79 Å². The third-order valence-corrected chi connectivity index (χ3v) is 5.00. The van der Waals surface area contributed by atoms with Gasteiger partial charge in [0.2, 0.25) is 0 Å². The molecule has 25 heavy (non-hydrogen) atoms. The molecule has 0 aliphatic carbocycles. The highest BCUT2D eigenvalue weighted by Crippen LogP contribution is 2.42. The second kappa shape index (κ2) is 6.76. The van der Waals surface area contributed by atoms with Crippen LogP contribution in [0, 0.1) is 5.92 Å². The molecule has 0 unspecified atom stereocenters. The molecule has 2 aliphatic rings. The smallest absolute Gasteiger partial charge is 0.255 e. The van der Waals surface area contributed by atoms with Crippen molar-refractivity contribution in [3.63, 3.8) is 0 Å². The molecule has 0 bridgehead atoms. The lowest BCUT2D eigenvalue weighted by Gasteiger charge is -2.50. The molecule has 1 atom stereocenters. The van der Waals surface area contributed by atoms with E-state index >= 15 is 0 Å². The summed E-state index contributed by atoms with van der Waals surface area (Å²) in [4.78, 5) is 18.3. The van der Waals surface area contributed by atoms with Crippen LogP contribution in [-0.4, -0.2) is 57.9 Å². The Kier molecular flexibility index (Phi) is 4.31. The number of nitrogens with zero attached hydrogens (tertiary/aromatic N) is 4. The summed E-state index contributed by atoms with van der Waals surface area (Å²) in [6.45, 7) is 2.64. The molecule has 7 heteroatoms. The van der Waals surface area contributed by atoms with Crippen LogP contribution in [0.1, 0.15) is 23.2 Å². The van der Waals surface area contributed by atoms with E-state index in [0.29, 0.717) is 31.2 Å². The van der Waals surface area contributed by atoms with Gasteiger partial charge in [-0.1, -0.05) is 0 Å². The Balaban J connectivity index is 1.31. The Bertz CT molecular complexity index is 720. The van der Waals surface area contributed by atoms with Gasteiger partial charge in [0.1, 0.15) is 11.4 Å². The van der Waals surface area contributed by atoms with Crippen molar-refractivity contribution < 1.29 is 14.3 Å². The van der Waals surface area contributed by atoms with E-state index in [1.54, 1.807) is 18.5 Å². The summed E-state index contributed by atoms with van der Waals surface area (Å²) in [5.41, 5.74) is 0.355. The monoisotopic (exact) mass is 340 g/mol. The number of amides is 1. The van der Waals surface area contributed by atoms with Gasteiger partial charge >= 0.3 is 0 Å². The number of carbonyl (C=O) groups is 1. The maximum atomic E-state index is 12.4. The SMILES string of the molecule is O=C(c1ccnnc1)N1CC2(C1)OCC[C@H]2CCOc1cccnc1. The molecule has 2 aromatic heterocycles. The van der Waals surface area contributed by atoms with Crippen LogP contribution in [0.5, 0.6) is 5.75 Å². The third-order valence-electron chi connectivity index (χ3n) is 5.00. The van der Waals surface area contributed by atoms with Crippen molar-refractivity contribution in [2.45, 2.75) is 18.4 Å². The molecule has 0 radical (unpaired) electrons. The standard InChI is InChI=1S/C18H20N4O3/c23-17(14-3-7-20-21-10-14)22-12-18(13-22)15(5-9-25-18)4-8-24-16-2-1-6-19-11-16/h1-3,6-7,10-11,15H,4-5,8-9,12-13H2/t15-/m1/s1. The van der Waals surface area contributed by atoms with Crippen LogP contribution in [0.25, 0.3) is 0 Å².